The molecule has 0 aliphatic carbocycles. The van der Waals surface area contributed by atoms with Crippen LogP contribution in [0.25, 0.3) is 11.2 Å². The van der Waals surface area contributed by atoms with E-state index >= 15 is 0 Å². The molecule has 2 aliphatic heterocycles. The number of pyridine rings is 1. The Morgan fingerprint density at radius 1 is 1.23 bits per heavy atom. The van der Waals surface area contributed by atoms with Crippen molar-refractivity contribution in [2.75, 3.05) is 36.5 Å². The first kappa shape index (κ1) is 31.0. The number of hydrogen-bond donors (Lipinski definition) is 1. The first-order valence-electron chi connectivity index (χ1n) is 14.7. The third-order valence-corrected chi connectivity index (χ3v) is 10.2. The maximum atomic E-state index is 13.4. The van der Waals surface area contributed by atoms with E-state index in [1.54, 1.807) is 11.1 Å². The zero-order valence-electron chi connectivity index (χ0n) is 25.4. The van der Waals surface area contributed by atoms with Crippen molar-refractivity contribution < 1.29 is 22.7 Å². The normalized spacial score (nSPS) is 19.0. The number of nitrogens with zero attached hydrogens (tertiary/aromatic N) is 6. The highest BCUT2D eigenvalue weighted by Gasteiger charge is 2.48. The Kier molecular flexibility index (Phi) is 8.38. The molecular weight excluding hydrogens is 579 g/mol. The van der Waals surface area contributed by atoms with Gasteiger partial charge in [0, 0.05) is 59.3 Å². The van der Waals surface area contributed by atoms with Crippen LogP contribution in [-0.2, 0) is 24.7 Å². The van der Waals surface area contributed by atoms with Crippen molar-refractivity contribution >= 4 is 36.8 Å². The number of hydrogen-bond acceptors (Lipinski definition) is 6. The van der Waals surface area contributed by atoms with Gasteiger partial charge in [-0.2, -0.15) is 13.2 Å². The number of likely N-dealkylation sites (tertiary alicyclic amines) is 1. The van der Waals surface area contributed by atoms with E-state index < -0.39 is 36.9 Å². The Balaban J connectivity index is 1.25. The summed E-state index contributed by atoms with van der Waals surface area (Å²) in [6, 6.07) is 3.18. The summed E-state index contributed by atoms with van der Waals surface area (Å²) in [4.78, 5) is 39.4. The number of fused-ring (bicyclic) bond motifs is 1. The Morgan fingerprint density at radius 3 is 2.63 bits per heavy atom. The number of carbonyl (C=O) groups is 1. The lowest BCUT2D eigenvalue weighted by Gasteiger charge is -2.45. The molecule has 3 aromatic heterocycles. The van der Waals surface area contributed by atoms with Crippen LogP contribution in [0.5, 0.6) is 0 Å². The van der Waals surface area contributed by atoms with E-state index in [-0.39, 0.29) is 11.6 Å². The van der Waals surface area contributed by atoms with Crippen molar-refractivity contribution in [2.24, 2.45) is 13.0 Å². The third kappa shape index (κ3) is 6.74. The summed E-state index contributed by atoms with van der Waals surface area (Å²) in [5.41, 5.74) is -0.986. The van der Waals surface area contributed by atoms with E-state index in [9.17, 15) is 22.8 Å². The maximum absolute atomic E-state index is 13.4. The molecule has 5 heterocycles. The van der Waals surface area contributed by atoms with Crippen LogP contribution >= 0.6 is 0 Å². The molecule has 0 bridgehead atoms. The topological polar surface area (TPSA) is 97.5 Å². The van der Waals surface area contributed by atoms with Gasteiger partial charge in [-0.1, -0.05) is 26.6 Å². The molecule has 14 heteroatoms. The van der Waals surface area contributed by atoms with Gasteiger partial charge in [-0.15, -0.1) is 0 Å². The number of halogens is 3. The van der Waals surface area contributed by atoms with Gasteiger partial charge in [0.1, 0.15) is 23.8 Å². The molecule has 0 saturated carbocycles. The summed E-state index contributed by atoms with van der Waals surface area (Å²) < 4.78 is 48.8. The predicted octanol–water partition coefficient (Wildman–Crippen LogP) is 5.37. The molecule has 2 aliphatic rings. The third-order valence-electron chi connectivity index (χ3n) is 8.49. The number of carbonyl (C=O) groups excluding carboxylic acids is 1. The van der Waals surface area contributed by atoms with E-state index in [4.69, 9.17) is 9.72 Å². The molecule has 1 N–H and O–H groups in total. The zero-order chi connectivity index (χ0) is 31.2. The minimum Gasteiger partial charge on any atom is -0.361 e. The quantitative estimate of drug-likeness (QED) is 0.282. The number of rotatable bonds is 7. The van der Waals surface area contributed by atoms with Gasteiger partial charge in [-0.25, -0.2) is 14.8 Å². The molecule has 43 heavy (non-hydrogen) atoms. The predicted molar refractivity (Wildman–Crippen MR) is 162 cm³/mol. The summed E-state index contributed by atoms with van der Waals surface area (Å²) >= 11 is 0. The smallest absolute Gasteiger partial charge is 0.361 e. The summed E-state index contributed by atoms with van der Waals surface area (Å²) in [5, 5.41) is 2.50. The van der Waals surface area contributed by atoms with Crippen molar-refractivity contribution in [3.8, 4) is 0 Å². The Morgan fingerprint density at radius 2 is 1.95 bits per heavy atom. The number of nitrogens with one attached hydrogen (secondary N) is 1. The second-order valence-corrected chi connectivity index (χ2v) is 18.8. The van der Waals surface area contributed by atoms with Gasteiger partial charge in [-0.3, -0.25) is 4.79 Å². The summed E-state index contributed by atoms with van der Waals surface area (Å²) in [6.45, 7) is 11.9. The van der Waals surface area contributed by atoms with Crippen molar-refractivity contribution in [1.29, 1.82) is 0 Å². The Bertz CT molecular complexity index is 1540. The number of anilines is 2. The standard InChI is InChI=1S/C29H40F3N7O3Si/c1-20-15-28(39(17-20)27(41)35-23-14-21(29(30,31)32)18-36(2)26(23)40)7-10-37(11-8-28)24-16-33-25-22(34-24)6-9-38(25)19-42-12-13-43(3,4)5/h6,9,14,16,18,20H,7-8,10-13,15,17,19H2,1-5H3,(H,35,41). The number of ether oxygens (including phenoxy) is 1. The molecular formula is C29H40F3N7O3Si. The van der Waals surface area contributed by atoms with Gasteiger partial charge in [-0.05, 0) is 43.4 Å². The van der Waals surface area contributed by atoms with Crippen LogP contribution in [0.15, 0.2) is 35.5 Å². The number of aryl methyl sites for hydroxylation is 1. The monoisotopic (exact) mass is 619 g/mol. The highest BCUT2D eigenvalue weighted by atomic mass is 28.3. The second-order valence-electron chi connectivity index (χ2n) is 13.2. The SMILES string of the molecule is CC1CN(C(=O)Nc2cc(C(F)(F)F)cn(C)c2=O)C2(CCN(c3cnc4c(ccn4COCC[Si](C)(C)C)n3)CC2)C1. The average Bonchev–Trinajstić information content (AvgIpc) is 3.48. The first-order valence-corrected chi connectivity index (χ1v) is 18.4. The van der Waals surface area contributed by atoms with Gasteiger partial charge >= 0.3 is 12.2 Å². The highest BCUT2D eigenvalue weighted by molar-refractivity contribution is 6.76. The fourth-order valence-electron chi connectivity index (χ4n) is 6.14. The summed E-state index contributed by atoms with van der Waals surface area (Å²) in [7, 11) is 0.0760. The van der Waals surface area contributed by atoms with Crippen LogP contribution in [0.2, 0.25) is 25.7 Å². The first-order chi connectivity index (χ1) is 20.1. The Hall–Kier alpha value is -3.39. The lowest BCUT2D eigenvalue weighted by Crippen LogP contribution is -2.55. The molecule has 1 atom stereocenters. The number of amides is 2. The molecule has 10 nitrogen and oxygen atoms in total. The van der Waals surface area contributed by atoms with E-state index in [0.29, 0.717) is 45.3 Å². The minimum atomic E-state index is -4.64. The summed E-state index contributed by atoms with van der Waals surface area (Å²) in [6.07, 6.45) is 1.89. The molecule has 2 fully saturated rings. The van der Waals surface area contributed by atoms with Crippen molar-refractivity contribution in [3.05, 3.63) is 46.6 Å². The van der Waals surface area contributed by atoms with Crippen LogP contribution in [0.1, 0.15) is 31.7 Å². The minimum absolute atomic E-state index is 0.213. The second kappa shape index (κ2) is 11.6. The molecule has 2 amide bonds. The average molecular weight is 620 g/mol. The van der Waals surface area contributed by atoms with Crippen LogP contribution in [0.3, 0.4) is 0 Å². The lowest BCUT2D eigenvalue weighted by atomic mass is 9.83. The van der Waals surface area contributed by atoms with Crippen molar-refractivity contribution in [2.45, 2.75) is 70.3 Å². The largest absolute Gasteiger partial charge is 0.417 e. The zero-order valence-corrected chi connectivity index (χ0v) is 26.4. The fourth-order valence-corrected chi connectivity index (χ4v) is 6.90. The van der Waals surface area contributed by atoms with Gasteiger partial charge < -0.3 is 29.0 Å². The molecule has 2 saturated heterocycles. The maximum Gasteiger partial charge on any atom is 0.417 e. The van der Waals surface area contributed by atoms with Crippen molar-refractivity contribution in [1.82, 2.24) is 24.0 Å². The molecule has 3 aromatic rings. The highest BCUT2D eigenvalue weighted by Crippen LogP contribution is 2.42. The van der Waals surface area contributed by atoms with Crippen LogP contribution in [0.4, 0.5) is 29.5 Å². The van der Waals surface area contributed by atoms with E-state index in [2.05, 4.69) is 41.8 Å². The van der Waals surface area contributed by atoms with Gasteiger partial charge in [0.05, 0.1) is 11.8 Å². The van der Waals surface area contributed by atoms with Crippen LogP contribution < -0.4 is 15.8 Å². The fraction of sp³-hybridized carbons (Fsp3) is 0.586. The summed E-state index contributed by atoms with van der Waals surface area (Å²) in [5.74, 6) is 0.972. The van der Waals surface area contributed by atoms with Gasteiger partial charge in [0.15, 0.2) is 5.65 Å². The molecule has 5 rings (SSSR count). The van der Waals surface area contributed by atoms with E-state index in [1.807, 2.05) is 16.8 Å². The molecule has 1 spiro atoms. The van der Waals surface area contributed by atoms with Crippen LogP contribution in [0, 0.1) is 5.92 Å². The molecule has 1 unspecified atom stereocenters. The van der Waals surface area contributed by atoms with E-state index in [1.165, 1.54) is 7.05 Å². The lowest BCUT2D eigenvalue weighted by molar-refractivity contribution is -0.138. The number of aromatic nitrogens is 4. The number of urea groups is 1. The number of alkyl halides is 3. The molecule has 234 valence electrons. The Labute approximate surface area is 249 Å². The van der Waals surface area contributed by atoms with E-state index in [0.717, 1.165) is 46.8 Å². The van der Waals surface area contributed by atoms with Crippen LogP contribution in [-0.4, -0.2) is 69.9 Å². The van der Waals surface area contributed by atoms with Crippen molar-refractivity contribution in [3.63, 3.8) is 0 Å². The van der Waals surface area contributed by atoms with Gasteiger partial charge in [0.2, 0.25) is 0 Å². The molecule has 0 radical (unpaired) electrons. The molecule has 0 aromatic carbocycles. The van der Waals surface area contributed by atoms with Gasteiger partial charge in [0.25, 0.3) is 5.56 Å². The number of piperidine rings is 1.